The Kier molecular flexibility index (Phi) is 7.28. The van der Waals surface area contributed by atoms with Gasteiger partial charge in [0.05, 0.1) is 5.92 Å². The van der Waals surface area contributed by atoms with Crippen molar-refractivity contribution in [3.63, 3.8) is 0 Å². The molecule has 0 saturated carbocycles. The van der Waals surface area contributed by atoms with Gasteiger partial charge >= 0.3 is 0 Å². The van der Waals surface area contributed by atoms with Crippen LogP contribution in [0.1, 0.15) is 24.8 Å². The van der Waals surface area contributed by atoms with Gasteiger partial charge in [-0.3, -0.25) is 9.59 Å². The second-order valence-electron chi connectivity index (χ2n) is 6.80. The highest BCUT2D eigenvalue weighted by atomic mass is 79.9. The second-order valence-corrected chi connectivity index (χ2v) is 7.65. The van der Waals surface area contributed by atoms with Crippen molar-refractivity contribution in [3.05, 3.63) is 28.2 Å². The van der Waals surface area contributed by atoms with Crippen LogP contribution < -0.4 is 15.5 Å². The quantitative estimate of drug-likeness (QED) is 0.772. The van der Waals surface area contributed by atoms with Crippen molar-refractivity contribution in [2.45, 2.75) is 26.2 Å². The van der Waals surface area contributed by atoms with Crippen LogP contribution in [-0.2, 0) is 9.59 Å². The fourth-order valence-electron chi connectivity index (χ4n) is 3.42. The molecule has 138 valence electrons. The number of hydrogen-bond acceptors (Lipinski definition) is 3. The summed E-state index contributed by atoms with van der Waals surface area (Å²) in [7, 11) is 0. The van der Waals surface area contributed by atoms with Crippen LogP contribution in [0.2, 0.25) is 0 Å². The third-order valence-corrected chi connectivity index (χ3v) is 5.80. The monoisotopic (exact) mass is 429 g/mol. The lowest BCUT2D eigenvalue weighted by Crippen LogP contribution is -2.40. The molecule has 2 aliphatic heterocycles. The highest BCUT2D eigenvalue weighted by Crippen LogP contribution is 2.28. The number of nitrogens with one attached hydrogen (secondary N) is 2. The van der Waals surface area contributed by atoms with Crippen LogP contribution in [0.25, 0.3) is 0 Å². The van der Waals surface area contributed by atoms with Gasteiger partial charge in [-0.2, -0.15) is 0 Å². The Balaban J connectivity index is 0.00000225. The largest absolute Gasteiger partial charge is 0.355 e. The number of amides is 2. The molecule has 3 rings (SSSR count). The summed E-state index contributed by atoms with van der Waals surface area (Å²) in [6.07, 6.45) is 2.62. The zero-order valence-corrected chi connectivity index (χ0v) is 16.8. The lowest BCUT2D eigenvalue weighted by Gasteiger charge is -2.23. The van der Waals surface area contributed by atoms with Crippen molar-refractivity contribution < 1.29 is 9.59 Å². The van der Waals surface area contributed by atoms with Crippen LogP contribution >= 0.6 is 28.3 Å². The van der Waals surface area contributed by atoms with Gasteiger partial charge in [-0.05, 0) is 62.5 Å². The molecule has 0 aromatic heterocycles. The van der Waals surface area contributed by atoms with Gasteiger partial charge in [-0.1, -0.05) is 15.9 Å². The van der Waals surface area contributed by atoms with Gasteiger partial charge in [0.1, 0.15) is 0 Å². The van der Waals surface area contributed by atoms with Crippen molar-refractivity contribution >= 4 is 45.8 Å². The number of nitrogens with zero attached hydrogens (tertiary/aromatic N) is 1. The number of halogens is 2. The minimum Gasteiger partial charge on any atom is -0.355 e. The standard InChI is InChI=1S/C18H24BrN3O2.ClH/c1-12-7-15(4-5-16(12)19)22-11-14(8-17(22)23)18(24)21-10-13-3-2-6-20-9-13;/h4-5,7,13-14,20H,2-3,6,8-11H2,1H3,(H,21,24);1H. The molecule has 2 amide bonds. The SMILES string of the molecule is Cc1cc(N2CC(C(=O)NCC3CCCNC3)CC2=O)ccc1Br.Cl. The molecular weight excluding hydrogens is 406 g/mol. The molecule has 0 aliphatic carbocycles. The molecule has 25 heavy (non-hydrogen) atoms. The number of rotatable bonds is 4. The summed E-state index contributed by atoms with van der Waals surface area (Å²) in [5.41, 5.74) is 1.95. The Morgan fingerprint density at radius 2 is 2.24 bits per heavy atom. The summed E-state index contributed by atoms with van der Waals surface area (Å²) in [6.45, 7) is 5.20. The average molecular weight is 431 g/mol. The first kappa shape index (κ1) is 20.2. The van der Waals surface area contributed by atoms with E-state index in [1.807, 2.05) is 25.1 Å². The van der Waals surface area contributed by atoms with Crippen LogP contribution in [0, 0.1) is 18.8 Å². The Morgan fingerprint density at radius 1 is 1.44 bits per heavy atom. The van der Waals surface area contributed by atoms with Gasteiger partial charge in [0.25, 0.3) is 0 Å². The Morgan fingerprint density at radius 3 is 2.92 bits per heavy atom. The molecule has 2 aliphatic rings. The van der Waals surface area contributed by atoms with E-state index in [4.69, 9.17) is 0 Å². The molecule has 0 spiro atoms. The number of carbonyl (C=O) groups excluding carboxylic acids is 2. The van der Waals surface area contributed by atoms with Crippen molar-refractivity contribution in [1.82, 2.24) is 10.6 Å². The van der Waals surface area contributed by atoms with Gasteiger partial charge in [-0.25, -0.2) is 0 Å². The summed E-state index contributed by atoms with van der Waals surface area (Å²) in [5, 5.41) is 6.40. The molecule has 2 atom stereocenters. The maximum atomic E-state index is 12.4. The molecule has 2 saturated heterocycles. The summed E-state index contributed by atoms with van der Waals surface area (Å²) in [5.74, 6) is 0.282. The van der Waals surface area contributed by atoms with E-state index >= 15 is 0 Å². The normalized spacial score (nSPS) is 23.3. The number of anilines is 1. The zero-order chi connectivity index (χ0) is 17.1. The van der Waals surface area contributed by atoms with Gasteiger partial charge in [0.2, 0.25) is 11.8 Å². The summed E-state index contributed by atoms with van der Waals surface area (Å²) in [6, 6.07) is 5.85. The summed E-state index contributed by atoms with van der Waals surface area (Å²) < 4.78 is 1.02. The van der Waals surface area contributed by atoms with E-state index in [0.717, 1.165) is 35.2 Å². The molecule has 0 bridgehead atoms. The topological polar surface area (TPSA) is 61.4 Å². The van der Waals surface area contributed by atoms with Crippen LogP contribution in [0.15, 0.2) is 22.7 Å². The first-order valence-electron chi connectivity index (χ1n) is 8.59. The number of benzene rings is 1. The van der Waals surface area contributed by atoms with E-state index in [2.05, 4.69) is 26.6 Å². The van der Waals surface area contributed by atoms with E-state index in [0.29, 0.717) is 25.4 Å². The van der Waals surface area contributed by atoms with Crippen LogP contribution in [0.3, 0.4) is 0 Å². The minimum absolute atomic E-state index is 0. The van der Waals surface area contributed by atoms with Gasteiger partial charge in [0, 0.05) is 29.7 Å². The maximum Gasteiger partial charge on any atom is 0.227 e. The molecule has 7 heteroatoms. The lowest BCUT2D eigenvalue weighted by atomic mass is 9.99. The fraction of sp³-hybridized carbons (Fsp3) is 0.556. The third kappa shape index (κ3) is 4.96. The van der Waals surface area contributed by atoms with Gasteiger partial charge < -0.3 is 15.5 Å². The van der Waals surface area contributed by atoms with Crippen molar-refractivity contribution in [3.8, 4) is 0 Å². The highest BCUT2D eigenvalue weighted by Gasteiger charge is 2.35. The van der Waals surface area contributed by atoms with E-state index < -0.39 is 0 Å². The molecule has 0 radical (unpaired) electrons. The average Bonchev–Trinajstić information content (AvgIpc) is 2.98. The van der Waals surface area contributed by atoms with Crippen LogP contribution in [0.4, 0.5) is 5.69 Å². The molecule has 1 aromatic carbocycles. The maximum absolute atomic E-state index is 12.4. The van der Waals surface area contributed by atoms with Crippen molar-refractivity contribution in [2.24, 2.45) is 11.8 Å². The number of aryl methyl sites for hydroxylation is 1. The Bertz CT molecular complexity index is 635. The number of piperidine rings is 1. The molecule has 2 fully saturated rings. The molecular formula is C18H25BrClN3O2. The molecule has 2 unspecified atom stereocenters. The highest BCUT2D eigenvalue weighted by molar-refractivity contribution is 9.10. The lowest BCUT2D eigenvalue weighted by molar-refractivity contribution is -0.126. The first-order valence-corrected chi connectivity index (χ1v) is 9.39. The summed E-state index contributed by atoms with van der Waals surface area (Å²) >= 11 is 3.47. The second kappa shape index (κ2) is 9.01. The Hall–Kier alpha value is -1.11. The Labute approximate surface area is 163 Å². The van der Waals surface area contributed by atoms with Gasteiger partial charge in [-0.15, -0.1) is 12.4 Å². The first-order chi connectivity index (χ1) is 11.5. The summed E-state index contributed by atoms with van der Waals surface area (Å²) in [4.78, 5) is 26.5. The van der Waals surface area contributed by atoms with Crippen molar-refractivity contribution in [1.29, 1.82) is 0 Å². The fourth-order valence-corrected chi connectivity index (χ4v) is 3.66. The predicted molar refractivity (Wildman–Crippen MR) is 105 cm³/mol. The van der Waals surface area contributed by atoms with Crippen LogP contribution in [0.5, 0.6) is 0 Å². The van der Waals surface area contributed by atoms with Crippen molar-refractivity contribution in [2.75, 3.05) is 31.1 Å². The van der Waals surface area contributed by atoms with E-state index in [1.54, 1.807) is 4.90 Å². The zero-order valence-electron chi connectivity index (χ0n) is 14.4. The number of hydrogen-bond donors (Lipinski definition) is 2. The van der Waals surface area contributed by atoms with E-state index in [-0.39, 0.29) is 30.1 Å². The van der Waals surface area contributed by atoms with E-state index in [9.17, 15) is 9.59 Å². The molecule has 5 nitrogen and oxygen atoms in total. The van der Waals surface area contributed by atoms with E-state index in [1.165, 1.54) is 6.42 Å². The smallest absolute Gasteiger partial charge is 0.227 e. The van der Waals surface area contributed by atoms with Gasteiger partial charge in [0.15, 0.2) is 0 Å². The molecule has 2 heterocycles. The third-order valence-electron chi connectivity index (χ3n) is 4.91. The number of carbonyl (C=O) groups is 2. The molecule has 2 N–H and O–H groups in total. The minimum atomic E-state index is -0.252. The predicted octanol–water partition coefficient (Wildman–Crippen LogP) is 2.65. The van der Waals surface area contributed by atoms with Crippen LogP contribution in [-0.4, -0.2) is 38.0 Å². The molecule has 1 aromatic rings.